The van der Waals surface area contributed by atoms with Crippen molar-refractivity contribution in [3.8, 4) is 0 Å². The Morgan fingerprint density at radius 1 is 1.33 bits per heavy atom. The van der Waals surface area contributed by atoms with E-state index in [2.05, 4.69) is 4.98 Å². The maximum absolute atomic E-state index is 12.5. The van der Waals surface area contributed by atoms with Crippen LogP contribution in [-0.4, -0.2) is 44.4 Å². The van der Waals surface area contributed by atoms with E-state index in [1.165, 1.54) is 0 Å². The molecule has 1 aromatic heterocycles. The molecule has 0 aliphatic carbocycles. The fraction of sp³-hybridized carbons (Fsp3) is 0.684. The van der Waals surface area contributed by atoms with Crippen LogP contribution in [0.2, 0.25) is 0 Å². The summed E-state index contributed by atoms with van der Waals surface area (Å²) in [5, 5.41) is 11.1. The molecule has 2 fully saturated rings. The van der Waals surface area contributed by atoms with Gasteiger partial charge in [-0.15, -0.1) is 0 Å². The first-order valence-electron chi connectivity index (χ1n) is 8.81. The molecule has 2 aliphatic rings. The lowest BCUT2D eigenvalue weighted by Crippen LogP contribution is -2.55. The monoisotopic (exact) mass is 332 g/mol. The Morgan fingerprint density at radius 3 is 2.50 bits per heavy atom. The number of ether oxygens (including phenoxy) is 1. The van der Waals surface area contributed by atoms with Crippen LogP contribution in [0.4, 0.5) is 4.79 Å². The minimum atomic E-state index is -0.787. The summed E-state index contributed by atoms with van der Waals surface area (Å²) in [5.41, 5.74) is 0.605. The molecule has 3 heterocycles. The van der Waals surface area contributed by atoms with Gasteiger partial charge in [0.1, 0.15) is 5.60 Å². The number of rotatable bonds is 2. The molecule has 0 radical (unpaired) electrons. The van der Waals surface area contributed by atoms with Crippen molar-refractivity contribution < 1.29 is 14.6 Å². The Bertz CT molecular complexity index is 609. The van der Waals surface area contributed by atoms with E-state index in [4.69, 9.17) is 4.74 Å². The minimum absolute atomic E-state index is 0.0633. The van der Waals surface area contributed by atoms with Gasteiger partial charge in [-0.1, -0.05) is 6.07 Å². The van der Waals surface area contributed by atoms with E-state index < -0.39 is 11.2 Å². The molecule has 5 heteroatoms. The second-order valence-electron chi connectivity index (χ2n) is 8.35. The average Bonchev–Trinajstić information content (AvgIpc) is 2.70. The number of pyridine rings is 1. The van der Waals surface area contributed by atoms with Gasteiger partial charge < -0.3 is 14.7 Å². The van der Waals surface area contributed by atoms with Gasteiger partial charge in [0, 0.05) is 29.9 Å². The third-order valence-corrected chi connectivity index (χ3v) is 4.91. The molecule has 0 spiro atoms. The minimum Gasteiger partial charge on any atom is -0.444 e. The van der Waals surface area contributed by atoms with Gasteiger partial charge in [-0.2, -0.15) is 0 Å². The molecule has 1 aromatic rings. The second kappa shape index (κ2) is 6.03. The Balaban J connectivity index is 1.71. The molecular formula is C19H28N2O3. The highest BCUT2D eigenvalue weighted by atomic mass is 16.6. The van der Waals surface area contributed by atoms with Crippen molar-refractivity contribution in [3.05, 3.63) is 29.6 Å². The van der Waals surface area contributed by atoms with Crippen LogP contribution in [0.1, 0.15) is 57.8 Å². The van der Waals surface area contributed by atoms with E-state index in [0.717, 1.165) is 24.2 Å². The number of carbonyl (C=O) groups is 1. The summed E-state index contributed by atoms with van der Waals surface area (Å²) in [4.78, 5) is 18.9. The summed E-state index contributed by atoms with van der Waals surface area (Å²) in [6, 6.07) is 6.03. The van der Waals surface area contributed by atoms with Gasteiger partial charge in [-0.05, 0) is 65.5 Å². The van der Waals surface area contributed by atoms with E-state index in [-0.39, 0.29) is 18.2 Å². The van der Waals surface area contributed by atoms with Crippen molar-refractivity contribution in [1.82, 2.24) is 9.88 Å². The standard InChI is InChI=1S/C19H28N2O3/c1-13-6-5-7-14(20-13)10-19(23)11-15-8-9-16(12-19)21(15)17(22)24-18(2,3)4/h5-7,15-16,23H,8-12H2,1-4H3. The molecule has 2 aliphatic heterocycles. The molecular weight excluding hydrogens is 304 g/mol. The molecule has 3 rings (SSSR count). The Labute approximate surface area is 144 Å². The van der Waals surface area contributed by atoms with E-state index in [1.54, 1.807) is 0 Å². The van der Waals surface area contributed by atoms with E-state index in [1.807, 2.05) is 50.8 Å². The highest BCUT2D eigenvalue weighted by molar-refractivity contribution is 5.69. The number of aromatic nitrogens is 1. The van der Waals surface area contributed by atoms with E-state index >= 15 is 0 Å². The van der Waals surface area contributed by atoms with Crippen molar-refractivity contribution in [2.45, 2.75) is 83.1 Å². The Morgan fingerprint density at radius 2 is 1.96 bits per heavy atom. The fourth-order valence-corrected chi connectivity index (χ4v) is 4.11. The summed E-state index contributed by atoms with van der Waals surface area (Å²) >= 11 is 0. The first-order chi connectivity index (χ1) is 11.2. The number of piperidine rings is 1. The zero-order chi connectivity index (χ0) is 17.5. The molecule has 2 saturated heterocycles. The Hall–Kier alpha value is -1.62. The van der Waals surface area contributed by atoms with Crippen LogP contribution >= 0.6 is 0 Å². The van der Waals surface area contributed by atoms with Crippen LogP contribution < -0.4 is 0 Å². The van der Waals surface area contributed by atoms with Gasteiger partial charge in [0.2, 0.25) is 0 Å². The number of aliphatic hydroxyl groups is 1. The predicted molar refractivity (Wildman–Crippen MR) is 91.7 cm³/mol. The Kier molecular flexibility index (Phi) is 4.32. The van der Waals surface area contributed by atoms with Crippen molar-refractivity contribution in [2.75, 3.05) is 0 Å². The van der Waals surface area contributed by atoms with Crippen molar-refractivity contribution >= 4 is 6.09 Å². The quantitative estimate of drug-likeness (QED) is 0.903. The van der Waals surface area contributed by atoms with Gasteiger partial charge in [0.05, 0.1) is 5.60 Å². The maximum Gasteiger partial charge on any atom is 0.410 e. The van der Waals surface area contributed by atoms with Crippen LogP contribution in [-0.2, 0) is 11.2 Å². The predicted octanol–water partition coefficient (Wildman–Crippen LogP) is 3.23. The number of hydrogen-bond donors (Lipinski definition) is 1. The van der Waals surface area contributed by atoms with Crippen LogP contribution in [0.15, 0.2) is 18.2 Å². The molecule has 2 atom stereocenters. The molecule has 1 amide bonds. The van der Waals surface area contributed by atoms with Crippen LogP contribution in [0.25, 0.3) is 0 Å². The number of hydrogen-bond acceptors (Lipinski definition) is 4. The topological polar surface area (TPSA) is 62.7 Å². The van der Waals surface area contributed by atoms with Crippen LogP contribution in [0, 0.1) is 6.92 Å². The van der Waals surface area contributed by atoms with Crippen LogP contribution in [0.5, 0.6) is 0 Å². The van der Waals surface area contributed by atoms with E-state index in [0.29, 0.717) is 19.3 Å². The van der Waals surface area contributed by atoms with Crippen LogP contribution in [0.3, 0.4) is 0 Å². The lowest BCUT2D eigenvalue weighted by molar-refractivity contribution is -0.0583. The second-order valence-corrected chi connectivity index (χ2v) is 8.35. The first-order valence-corrected chi connectivity index (χ1v) is 8.81. The zero-order valence-electron chi connectivity index (χ0n) is 15.1. The number of amides is 1. The number of aryl methyl sites for hydroxylation is 1. The highest BCUT2D eigenvalue weighted by Gasteiger charge is 2.50. The number of fused-ring (bicyclic) bond motifs is 2. The van der Waals surface area contributed by atoms with Gasteiger partial charge in [-0.25, -0.2) is 4.79 Å². The smallest absolute Gasteiger partial charge is 0.410 e. The zero-order valence-corrected chi connectivity index (χ0v) is 15.1. The maximum atomic E-state index is 12.5. The summed E-state index contributed by atoms with van der Waals surface area (Å²) in [6.07, 6.45) is 3.37. The lowest BCUT2D eigenvalue weighted by atomic mass is 9.82. The number of carbonyl (C=O) groups excluding carboxylic acids is 1. The summed E-state index contributed by atoms with van der Waals surface area (Å²) in [7, 11) is 0. The van der Waals surface area contributed by atoms with E-state index in [9.17, 15) is 9.90 Å². The van der Waals surface area contributed by atoms with Gasteiger partial charge >= 0.3 is 6.09 Å². The lowest BCUT2D eigenvalue weighted by Gasteiger charge is -2.43. The average molecular weight is 332 g/mol. The van der Waals surface area contributed by atoms with Gasteiger partial charge in [0.25, 0.3) is 0 Å². The van der Waals surface area contributed by atoms with Gasteiger partial charge in [-0.3, -0.25) is 4.98 Å². The molecule has 2 bridgehead atoms. The summed E-state index contributed by atoms with van der Waals surface area (Å²) in [6.45, 7) is 7.62. The molecule has 24 heavy (non-hydrogen) atoms. The summed E-state index contributed by atoms with van der Waals surface area (Å²) < 4.78 is 5.55. The molecule has 0 saturated carbocycles. The van der Waals surface area contributed by atoms with Gasteiger partial charge in [0.15, 0.2) is 0 Å². The fourth-order valence-electron chi connectivity index (χ4n) is 4.11. The van der Waals surface area contributed by atoms with Crippen molar-refractivity contribution in [2.24, 2.45) is 0 Å². The summed E-state index contributed by atoms with van der Waals surface area (Å²) in [5.74, 6) is 0. The molecule has 132 valence electrons. The molecule has 0 aromatic carbocycles. The third kappa shape index (κ3) is 3.72. The first kappa shape index (κ1) is 17.2. The van der Waals surface area contributed by atoms with Crippen molar-refractivity contribution in [1.29, 1.82) is 0 Å². The SMILES string of the molecule is Cc1cccc(CC2(O)CC3CCC(C2)N3C(=O)OC(C)(C)C)n1. The number of nitrogens with zero attached hydrogens (tertiary/aromatic N) is 2. The highest BCUT2D eigenvalue weighted by Crippen LogP contribution is 2.42. The largest absolute Gasteiger partial charge is 0.444 e. The normalized spacial score (nSPS) is 29.6. The van der Waals surface area contributed by atoms with Crippen molar-refractivity contribution in [3.63, 3.8) is 0 Å². The molecule has 5 nitrogen and oxygen atoms in total. The molecule has 2 unspecified atom stereocenters. The molecule has 1 N–H and O–H groups in total. The third-order valence-electron chi connectivity index (χ3n) is 4.91.